The largest absolute Gasteiger partial charge is 0.0718 e. The van der Waals surface area contributed by atoms with Gasteiger partial charge in [-0.2, -0.15) is 0 Å². The standard InChI is InChI=1S/C30H34.Hf/c1-20-21(2)23(4)29(5,22(20)3)30(19-24-11-7-6-8-12-24)18-17-26-16-15-25-13-9-10-14-27(25)28(26)30;/h6-8,11-12,15-18H,9-10,13-14,19H2,1-5H3;. The van der Waals surface area contributed by atoms with Gasteiger partial charge >= 0.3 is 0 Å². The van der Waals surface area contributed by atoms with E-state index in [1.807, 2.05) is 0 Å². The summed E-state index contributed by atoms with van der Waals surface area (Å²) in [6.07, 6.45) is 11.2. The monoisotopic (exact) mass is 574 g/mol. The van der Waals surface area contributed by atoms with Gasteiger partial charge in [-0.3, -0.25) is 0 Å². The summed E-state index contributed by atoms with van der Waals surface area (Å²) >= 11 is 0. The molecule has 1 unspecified atom stereocenters. The molecule has 0 heterocycles. The minimum atomic E-state index is -0.0282. The van der Waals surface area contributed by atoms with Crippen molar-refractivity contribution in [2.24, 2.45) is 5.41 Å². The van der Waals surface area contributed by atoms with Crippen LogP contribution in [0.15, 0.2) is 70.8 Å². The molecule has 0 aliphatic heterocycles. The number of benzene rings is 2. The number of hydrogen-bond donors (Lipinski definition) is 0. The molecule has 0 N–H and O–H groups in total. The van der Waals surface area contributed by atoms with Gasteiger partial charge in [-0.05, 0) is 98.8 Å². The topological polar surface area (TPSA) is 0 Å². The average Bonchev–Trinajstić information content (AvgIpc) is 3.23. The van der Waals surface area contributed by atoms with Gasteiger partial charge in [0.25, 0.3) is 0 Å². The van der Waals surface area contributed by atoms with E-state index in [0.29, 0.717) is 0 Å². The molecule has 0 aromatic heterocycles. The Balaban J connectivity index is 0.00000231. The average molecular weight is 573 g/mol. The summed E-state index contributed by atoms with van der Waals surface area (Å²) in [4.78, 5) is 0. The zero-order valence-electron chi connectivity index (χ0n) is 19.7. The molecule has 0 saturated heterocycles. The number of allylic oxidation sites excluding steroid dienone is 5. The molecule has 3 aliphatic rings. The minimum absolute atomic E-state index is 0. The Kier molecular flexibility index (Phi) is 5.97. The summed E-state index contributed by atoms with van der Waals surface area (Å²) in [5.41, 5.74) is 13.9. The van der Waals surface area contributed by atoms with E-state index in [-0.39, 0.29) is 36.7 Å². The number of aryl methyl sites for hydroxylation is 1. The summed E-state index contributed by atoms with van der Waals surface area (Å²) < 4.78 is 0. The van der Waals surface area contributed by atoms with Gasteiger partial charge in [0, 0.05) is 36.7 Å². The van der Waals surface area contributed by atoms with Crippen LogP contribution in [0.2, 0.25) is 0 Å². The van der Waals surface area contributed by atoms with Crippen molar-refractivity contribution in [2.45, 2.75) is 72.1 Å². The molecule has 0 spiro atoms. The van der Waals surface area contributed by atoms with Crippen LogP contribution in [0.3, 0.4) is 0 Å². The molecule has 0 saturated carbocycles. The first-order chi connectivity index (χ1) is 14.4. The van der Waals surface area contributed by atoms with Crippen LogP contribution in [0.5, 0.6) is 0 Å². The van der Waals surface area contributed by atoms with E-state index in [9.17, 15) is 0 Å². The fourth-order valence-corrected chi connectivity index (χ4v) is 6.75. The SMILES string of the molecule is CC1=C(C)C(C)(C2(Cc3ccccc3)C=Cc3ccc4c(c32)CCCC4)C(C)=C1C.[Hf]. The van der Waals surface area contributed by atoms with Gasteiger partial charge in [0.2, 0.25) is 0 Å². The first-order valence-electron chi connectivity index (χ1n) is 11.6. The Morgan fingerprint density at radius 2 is 1.45 bits per heavy atom. The van der Waals surface area contributed by atoms with Gasteiger partial charge in [-0.1, -0.05) is 72.7 Å². The fraction of sp³-hybridized carbons (Fsp3) is 0.400. The summed E-state index contributed by atoms with van der Waals surface area (Å²) in [5, 5.41) is 0. The molecule has 3 aliphatic carbocycles. The number of fused-ring (bicyclic) bond motifs is 3. The molecule has 1 heteroatoms. The van der Waals surface area contributed by atoms with Crippen LogP contribution in [0.1, 0.15) is 75.3 Å². The molecule has 0 nitrogen and oxygen atoms in total. The van der Waals surface area contributed by atoms with E-state index in [2.05, 4.69) is 89.2 Å². The second kappa shape index (κ2) is 8.14. The maximum Gasteiger partial charge on any atom is 0.0313 e. The Bertz CT molecular complexity index is 1090. The third kappa shape index (κ3) is 3.10. The van der Waals surface area contributed by atoms with Crippen molar-refractivity contribution >= 4 is 6.08 Å². The first kappa shape index (κ1) is 22.7. The summed E-state index contributed by atoms with van der Waals surface area (Å²) in [5.74, 6) is 0. The molecule has 5 rings (SSSR count). The zero-order chi connectivity index (χ0) is 21.1. The minimum Gasteiger partial charge on any atom is -0.0718 e. The smallest absolute Gasteiger partial charge is 0.0313 e. The molecule has 0 bridgehead atoms. The maximum absolute atomic E-state index is 2.58. The Morgan fingerprint density at radius 1 is 0.806 bits per heavy atom. The molecule has 158 valence electrons. The van der Waals surface area contributed by atoms with Gasteiger partial charge in [0.15, 0.2) is 0 Å². The van der Waals surface area contributed by atoms with Crippen molar-refractivity contribution < 1.29 is 25.8 Å². The van der Waals surface area contributed by atoms with Crippen molar-refractivity contribution in [1.82, 2.24) is 0 Å². The molecule has 0 amide bonds. The van der Waals surface area contributed by atoms with Crippen LogP contribution < -0.4 is 0 Å². The van der Waals surface area contributed by atoms with E-state index in [1.54, 1.807) is 27.8 Å². The van der Waals surface area contributed by atoms with Gasteiger partial charge in [0.1, 0.15) is 0 Å². The summed E-state index contributed by atoms with van der Waals surface area (Å²) in [6, 6.07) is 16.0. The molecular formula is C30H34Hf. The van der Waals surface area contributed by atoms with Crippen molar-refractivity contribution in [3.63, 3.8) is 0 Å². The van der Waals surface area contributed by atoms with E-state index in [4.69, 9.17) is 0 Å². The predicted molar refractivity (Wildman–Crippen MR) is 129 cm³/mol. The van der Waals surface area contributed by atoms with E-state index < -0.39 is 0 Å². The van der Waals surface area contributed by atoms with Crippen molar-refractivity contribution in [2.75, 3.05) is 0 Å². The third-order valence-electron chi connectivity index (χ3n) is 8.96. The van der Waals surface area contributed by atoms with E-state index in [1.165, 1.54) is 48.0 Å². The van der Waals surface area contributed by atoms with Crippen LogP contribution in [0, 0.1) is 5.41 Å². The normalized spacial score (nSPS) is 23.6. The predicted octanol–water partition coefficient (Wildman–Crippen LogP) is 7.76. The molecule has 31 heavy (non-hydrogen) atoms. The summed E-state index contributed by atoms with van der Waals surface area (Å²) in [6.45, 7) is 12.0. The van der Waals surface area contributed by atoms with Gasteiger partial charge < -0.3 is 0 Å². The van der Waals surface area contributed by atoms with Crippen molar-refractivity contribution in [3.05, 3.63) is 98.7 Å². The Morgan fingerprint density at radius 3 is 2.13 bits per heavy atom. The quantitative estimate of drug-likeness (QED) is 0.330. The van der Waals surface area contributed by atoms with Crippen molar-refractivity contribution in [1.29, 1.82) is 0 Å². The maximum atomic E-state index is 2.58. The Labute approximate surface area is 207 Å². The van der Waals surface area contributed by atoms with Crippen LogP contribution in [0.4, 0.5) is 0 Å². The van der Waals surface area contributed by atoms with Crippen LogP contribution in [-0.4, -0.2) is 0 Å². The molecule has 2 aromatic rings. The molecular weight excluding hydrogens is 539 g/mol. The molecule has 1 atom stereocenters. The van der Waals surface area contributed by atoms with Gasteiger partial charge in [-0.25, -0.2) is 0 Å². The van der Waals surface area contributed by atoms with Crippen LogP contribution in [-0.2, 0) is 50.5 Å². The summed E-state index contributed by atoms with van der Waals surface area (Å²) in [7, 11) is 0. The van der Waals surface area contributed by atoms with Crippen molar-refractivity contribution in [3.8, 4) is 0 Å². The molecule has 0 fully saturated rings. The van der Waals surface area contributed by atoms with Gasteiger partial charge in [0.05, 0.1) is 0 Å². The number of rotatable bonds is 3. The molecule has 0 radical (unpaired) electrons. The van der Waals surface area contributed by atoms with Gasteiger partial charge in [-0.15, -0.1) is 0 Å². The second-order valence-electron chi connectivity index (χ2n) is 9.97. The van der Waals surface area contributed by atoms with Crippen LogP contribution >= 0.6 is 0 Å². The molecule has 2 aromatic carbocycles. The van der Waals surface area contributed by atoms with Crippen LogP contribution in [0.25, 0.3) is 6.08 Å². The third-order valence-corrected chi connectivity index (χ3v) is 8.96. The second-order valence-corrected chi connectivity index (χ2v) is 9.97. The first-order valence-corrected chi connectivity index (χ1v) is 11.6. The zero-order valence-corrected chi connectivity index (χ0v) is 23.3. The Hall–Kier alpha value is -1.47. The number of hydrogen-bond acceptors (Lipinski definition) is 0. The van der Waals surface area contributed by atoms with E-state index >= 15 is 0 Å². The van der Waals surface area contributed by atoms with E-state index in [0.717, 1.165) is 6.42 Å². The fourth-order valence-electron chi connectivity index (χ4n) is 6.75.